The monoisotopic (exact) mass is 390 g/mol. The highest BCUT2D eigenvalue weighted by Crippen LogP contribution is 2.22. The van der Waals surface area contributed by atoms with Gasteiger partial charge in [-0.05, 0) is 66.9 Å². The highest BCUT2D eigenvalue weighted by molar-refractivity contribution is 6.03. The van der Waals surface area contributed by atoms with Gasteiger partial charge in [-0.25, -0.2) is 9.37 Å². The molecule has 3 aromatic rings. The molecule has 2 N–H and O–H groups in total. The lowest BCUT2D eigenvalue weighted by Gasteiger charge is -2.17. The minimum Gasteiger partial charge on any atom is -0.380 e. The van der Waals surface area contributed by atoms with Gasteiger partial charge in [0.1, 0.15) is 11.5 Å². The van der Waals surface area contributed by atoms with Gasteiger partial charge in [-0.15, -0.1) is 0 Å². The number of anilines is 3. The Bertz CT molecular complexity index is 950. The van der Waals surface area contributed by atoms with Gasteiger partial charge in [0.05, 0.1) is 11.9 Å². The van der Waals surface area contributed by atoms with Gasteiger partial charge in [-0.3, -0.25) is 4.79 Å². The van der Waals surface area contributed by atoms with Crippen molar-refractivity contribution in [3.05, 3.63) is 83.9 Å². The summed E-state index contributed by atoms with van der Waals surface area (Å²) in [4.78, 5) is 19.0. The van der Waals surface area contributed by atoms with Crippen molar-refractivity contribution >= 4 is 23.0 Å². The van der Waals surface area contributed by atoms with Crippen molar-refractivity contribution in [2.75, 3.05) is 28.6 Å². The van der Waals surface area contributed by atoms with Crippen molar-refractivity contribution in [1.29, 1.82) is 0 Å². The van der Waals surface area contributed by atoms with Crippen LogP contribution >= 0.6 is 0 Å². The first kappa shape index (κ1) is 18.9. The number of hydrogen-bond acceptors (Lipinski definition) is 4. The lowest BCUT2D eigenvalue weighted by molar-refractivity contribution is 0.102. The van der Waals surface area contributed by atoms with Crippen LogP contribution in [0.2, 0.25) is 0 Å². The van der Waals surface area contributed by atoms with Crippen molar-refractivity contribution in [1.82, 2.24) is 4.98 Å². The molecule has 148 valence electrons. The number of pyridine rings is 1. The summed E-state index contributed by atoms with van der Waals surface area (Å²) in [5, 5.41) is 6.09. The van der Waals surface area contributed by atoms with E-state index in [0.717, 1.165) is 30.0 Å². The molecule has 1 aliphatic rings. The Morgan fingerprint density at radius 1 is 0.931 bits per heavy atom. The summed E-state index contributed by atoms with van der Waals surface area (Å²) in [5.74, 6) is -0.500. The first-order chi connectivity index (χ1) is 14.2. The molecule has 29 heavy (non-hydrogen) atoms. The SMILES string of the molecule is O=C(Nc1ccc(N2CCCC2)cc1)c1ccc(NCc2ccc(F)cc2)cn1. The summed E-state index contributed by atoms with van der Waals surface area (Å²) < 4.78 is 12.9. The Balaban J connectivity index is 1.32. The molecule has 0 aliphatic carbocycles. The van der Waals surface area contributed by atoms with Gasteiger partial charge in [-0.2, -0.15) is 0 Å². The van der Waals surface area contributed by atoms with Crippen LogP contribution in [0.5, 0.6) is 0 Å². The van der Waals surface area contributed by atoms with Crippen LogP contribution < -0.4 is 15.5 Å². The van der Waals surface area contributed by atoms with E-state index in [9.17, 15) is 9.18 Å². The van der Waals surface area contributed by atoms with Gasteiger partial charge in [0.15, 0.2) is 0 Å². The molecule has 0 unspecified atom stereocenters. The van der Waals surface area contributed by atoms with Gasteiger partial charge in [0, 0.05) is 31.0 Å². The molecule has 1 fully saturated rings. The zero-order valence-electron chi connectivity index (χ0n) is 16.1. The molecule has 1 saturated heterocycles. The van der Waals surface area contributed by atoms with Crippen LogP contribution in [-0.2, 0) is 6.54 Å². The molecule has 2 aromatic carbocycles. The van der Waals surface area contributed by atoms with Crippen LogP contribution in [0.4, 0.5) is 21.5 Å². The predicted octanol–water partition coefficient (Wildman–Crippen LogP) is 4.69. The third-order valence-corrected chi connectivity index (χ3v) is 5.00. The Morgan fingerprint density at radius 2 is 1.62 bits per heavy atom. The summed E-state index contributed by atoms with van der Waals surface area (Å²) in [6.45, 7) is 2.74. The topological polar surface area (TPSA) is 57.3 Å². The first-order valence-corrected chi connectivity index (χ1v) is 9.78. The van der Waals surface area contributed by atoms with Crippen molar-refractivity contribution in [2.45, 2.75) is 19.4 Å². The Labute approximate surface area is 169 Å². The number of nitrogens with one attached hydrogen (secondary N) is 2. The van der Waals surface area contributed by atoms with E-state index in [2.05, 4.69) is 20.5 Å². The smallest absolute Gasteiger partial charge is 0.274 e. The number of halogens is 1. The largest absolute Gasteiger partial charge is 0.380 e. The number of aromatic nitrogens is 1. The van der Waals surface area contributed by atoms with Crippen LogP contribution in [0, 0.1) is 5.82 Å². The predicted molar refractivity (Wildman–Crippen MR) is 114 cm³/mol. The molecular weight excluding hydrogens is 367 g/mol. The van der Waals surface area contributed by atoms with E-state index in [0.29, 0.717) is 12.2 Å². The van der Waals surface area contributed by atoms with Crippen molar-refractivity contribution < 1.29 is 9.18 Å². The van der Waals surface area contributed by atoms with E-state index >= 15 is 0 Å². The zero-order valence-corrected chi connectivity index (χ0v) is 16.1. The Hall–Kier alpha value is -3.41. The van der Waals surface area contributed by atoms with Crippen molar-refractivity contribution in [3.8, 4) is 0 Å². The van der Waals surface area contributed by atoms with Crippen molar-refractivity contribution in [2.24, 2.45) is 0 Å². The van der Waals surface area contributed by atoms with Gasteiger partial charge < -0.3 is 15.5 Å². The van der Waals surface area contributed by atoms with E-state index in [4.69, 9.17) is 0 Å². The Kier molecular flexibility index (Phi) is 5.70. The maximum atomic E-state index is 12.9. The number of nitrogens with zero attached hydrogens (tertiary/aromatic N) is 2. The maximum absolute atomic E-state index is 12.9. The summed E-state index contributed by atoms with van der Waals surface area (Å²) >= 11 is 0. The van der Waals surface area contributed by atoms with Gasteiger partial charge in [-0.1, -0.05) is 12.1 Å². The Morgan fingerprint density at radius 3 is 2.28 bits per heavy atom. The van der Waals surface area contributed by atoms with E-state index in [1.54, 1.807) is 24.4 Å². The molecule has 0 bridgehead atoms. The van der Waals surface area contributed by atoms with E-state index in [1.165, 1.54) is 30.7 Å². The van der Waals surface area contributed by atoms with Gasteiger partial charge in [0.25, 0.3) is 5.91 Å². The van der Waals surface area contributed by atoms with Crippen LogP contribution in [0.25, 0.3) is 0 Å². The van der Waals surface area contributed by atoms with Gasteiger partial charge >= 0.3 is 0 Å². The molecule has 4 rings (SSSR count). The molecular formula is C23H23FN4O. The molecule has 2 heterocycles. The fourth-order valence-electron chi connectivity index (χ4n) is 3.37. The molecule has 1 amide bonds. The second kappa shape index (κ2) is 8.73. The third kappa shape index (κ3) is 4.90. The molecule has 5 nitrogen and oxygen atoms in total. The van der Waals surface area contributed by atoms with E-state index in [-0.39, 0.29) is 11.7 Å². The fraction of sp³-hybridized carbons (Fsp3) is 0.217. The van der Waals surface area contributed by atoms with Crippen LogP contribution in [0.15, 0.2) is 66.9 Å². The minimum atomic E-state index is -0.253. The van der Waals surface area contributed by atoms with Gasteiger partial charge in [0.2, 0.25) is 0 Å². The molecule has 0 radical (unpaired) electrons. The highest BCUT2D eigenvalue weighted by atomic mass is 19.1. The molecule has 1 aromatic heterocycles. The fourth-order valence-corrected chi connectivity index (χ4v) is 3.37. The highest BCUT2D eigenvalue weighted by Gasteiger charge is 2.12. The summed E-state index contributed by atoms with van der Waals surface area (Å²) in [7, 11) is 0. The average molecular weight is 390 g/mol. The third-order valence-electron chi connectivity index (χ3n) is 5.00. The number of amides is 1. The lowest BCUT2D eigenvalue weighted by atomic mass is 10.2. The van der Waals surface area contributed by atoms with E-state index < -0.39 is 0 Å². The quantitative estimate of drug-likeness (QED) is 0.641. The minimum absolute atomic E-state index is 0.246. The molecule has 0 atom stereocenters. The first-order valence-electron chi connectivity index (χ1n) is 9.78. The standard InChI is InChI=1S/C23H23FN4O/c24-18-5-3-17(4-6-18)15-25-20-9-12-22(26-16-20)23(29)27-19-7-10-21(11-8-19)28-13-1-2-14-28/h3-12,16,25H,1-2,13-15H2,(H,27,29). The lowest BCUT2D eigenvalue weighted by Crippen LogP contribution is -2.17. The molecule has 0 saturated carbocycles. The summed E-state index contributed by atoms with van der Waals surface area (Å²) in [6, 6.07) is 17.7. The summed E-state index contributed by atoms with van der Waals surface area (Å²) in [6.07, 6.45) is 4.09. The van der Waals surface area contributed by atoms with Crippen molar-refractivity contribution in [3.63, 3.8) is 0 Å². The van der Waals surface area contributed by atoms with Crippen LogP contribution in [0.3, 0.4) is 0 Å². The summed E-state index contributed by atoms with van der Waals surface area (Å²) in [5.41, 5.74) is 4.04. The molecule has 0 spiro atoms. The number of rotatable bonds is 6. The number of hydrogen-bond donors (Lipinski definition) is 2. The molecule has 6 heteroatoms. The number of benzene rings is 2. The normalized spacial score (nSPS) is 13.3. The second-order valence-corrected chi connectivity index (χ2v) is 7.11. The number of carbonyl (C=O) groups is 1. The van der Waals surface area contributed by atoms with E-state index in [1.807, 2.05) is 30.3 Å². The molecule has 1 aliphatic heterocycles. The zero-order chi connectivity index (χ0) is 20.1. The van der Waals surface area contributed by atoms with Crippen LogP contribution in [0.1, 0.15) is 28.9 Å². The second-order valence-electron chi connectivity index (χ2n) is 7.11. The number of carbonyl (C=O) groups excluding carboxylic acids is 1. The van der Waals surface area contributed by atoms with Crippen LogP contribution in [-0.4, -0.2) is 24.0 Å². The average Bonchev–Trinajstić information content (AvgIpc) is 3.29. The maximum Gasteiger partial charge on any atom is 0.274 e.